The van der Waals surface area contributed by atoms with Gasteiger partial charge >= 0.3 is 0 Å². The number of benzene rings is 9. The molecule has 0 radical (unpaired) electrons. The Morgan fingerprint density at radius 3 is 1.63 bits per heavy atom. The van der Waals surface area contributed by atoms with Crippen molar-refractivity contribution in [2.24, 2.45) is 0 Å². The van der Waals surface area contributed by atoms with Crippen molar-refractivity contribution in [2.45, 2.75) is 25.7 Å². The molecule has 0 saturated heterocycles. The van der Waals surface area contributed by atoms with E-state index in [-0.39, 0.29) is 5.41 Å². The van der Waals surface area contributed by atoms with E-state index in [0.717, 1.165) is 56.5 Å². The molecule has 0 spiro atoms. The number of anilines is 5. The molecule has 0 N–H and O–H groups in total. The Kier molecular flexibility index (Phi) is 10.3. The van der Waals surface area contributed by atoms with Gasteiger partial charge in [0.2, 0.25) is 0 Å². The standard InChI is InChI=1S/C64H50N2OSi/c1-64(2)60-32-17-15-30-56(60)59-45-51(37-42-61(59)64)66(47-22-9-4-10-23-47)50-24-19-29-55(44-50)68(52-25-11-5-12-26-52,53-27-13-6-14-28-53)54-39-34-48(35-40-54)65(46-20-7-3-8-21-46)49-36-41-58-57-31-16-18-33-62(57)67-63(58)43-38-49/h3-35,37-45H,36H2,1-2H3. The Bertz CT molecular complexity index is 3580. The van der Waals surface area contributed by atoms with Crippen LogP contribution in [-0.2, 0) is 5.41 Å². The zero-order valence-corrected chi connectivity index (χ0v) is 39.3. The molecule has 0 amide bonds. The van der Waals surface area contributed by atoms with Crippen molar-refractivity contribution in [2.75, 3.05) is 9.80 Å². The van der Waals surface area contributed by atoms with Gasteiger partial charge in [-0.05, 0) is 122 Å². The largest absolute Gasteiger partial charge is 0.456 e. The molecule has 1 heterocycles. The van der Waals surface area contributed by atoms with Crippen molar-refractivity contribution >= 4 is 80.4 Å². The Hall–Kier alpha value is -8.18. The third-order valence-corrected chi connectivity index (χ3v) is 19.0. The third kappa shape index (κ3) is 6.87. The zero-order chi connectivity index (χ0) is 45.7. The summed E-state index contributed by atoms with van der Waals surface area (Å²) in [4.78, 5) is 4.84. The molecule has 10 aromatic rings. The number of hydrogen-bond donors (Lipinski definition) is 0. The van der Waals surface area contributed by atoms with Crippen LogP contribution < -0.4 is 41.2 Å². The molecule has 326 valence electrons. The van der Waals surface area contributed by atoms with Crippen molar-refractivity contribution in [1.82, 2.24) is 0 Å². The van der Waals surface area contributed by atoms with Crippen molar-refractivity contribution in [1.29, 1.82) is 0 Å². The van der Waals surface area contributed by atoms with E-state index in [1.54, 1.807) is 0 Å². The van der Waals surface area contributed by atoms with E-state index in [9.17, 15) is 0 Å². The second kappa shape index (κ2) is 16.9. The quantitative estimate of drug-likeness (QED) is 0.101. The van der Waals surface area contributed by atoms with Crippen molar-refractivity contribution in [3.63, 3.8) is 0 Å². The lowest BCUT2D eigenvalue weighted by Crippen LogP contribution is -2.74. The van der Waals surface area contributed by atoms with Crippen molar-refractivity contribution in [3.8, 4) is 11.1 Å². The molecule has 0 saturated carbocycles. The highest BCUT2D eigenvalue weighted by molar-refractivity contribution is 7.20. The normalized spacial score (nSPS) is 13.5. The van der Waals surface area contributed by atoms with Gasteiger partial charge in [-0.2, -0.15) is 0 Å². The lowest BCUT2D eigenvalue weighted by atomic mass is 9.82. The van der Waals surface area contributed by atoms with E-state index < -0.39 is 8.07 Å². The maximum Gasteiger partial charge on any atom is 0.179 e. The van der Waals surface area contributed by atoms with Gasteiger partial charge < -0.3 is 14.2 Å². The summed E-state index contributed by atoms with van der Waals surface area (Å²) >= 11 is 0. The lowest BCUT2D eigenvalue weighted by Gasteiger charge is -2.36. The van der Waals surface area contributed by atoms with E-state index in [1.807, 2.05) is 12.1 Å². The molecule has 9 aromatic carbocycles. The monoisotopic (exact) mass is 890 g/mol. The topological polar surface area (TPSA) is 19.6 Å². The number of rotatable bonds is 10. The molecule has 0 bridgehead atoms. The van der Waals surface area contributed by atoms with Crippen LogP contribution in [0, 0.1) is 0 Å². The van der Waals surface area contributed by atoms with Gasteiger partial charge in [-0.25, -0.2) is 0 Å². The van der Waals surface area contributed by atoms with Crippen LogP contribution in [0.25, 0.3) is 34.2 Å². The number of fused-ring (bicyclic) bond motifs is 6. The molecule has 1 aromatic heterocycles. The molecule has 68 heavy (non-hydrogen) atoms. The summed E-state index contributed by atoms with van der Waals surface area (Å²) in [6, 6.07) is 87.2. The molecule has 0 atom stereocenters. The second-order valence-corrected chi connectivity index (χ2v) is 22.2. The molecular formula is C64H50N2OSi. The smallest absolute Gasteiger partial charge is 0.179 e. The molecule has 3 nitrogen and oxygen atoms in total. The van der Waals surface area contributed by atoms with E-state index in [0.29, 0.717) is 0 Å². The van der Waals surface area contributed by atoms with E-state index >= 15 is 0 Å². The average Bonchev–Trinajstić information content (AvgIpc) is 3.77. The first-order chi connectivity index (χ1) is 33.5. The lowest BCUT2D eigenvalue weighted by molar-refractivity contribution is 0.576. The fourth-order valence-electron chi connectivity index (χ4n) is 11.1. The molecule has 2 aliphatic rings. The minimum Gasteiger partial charge on any atom is -0.456 e. The minimum atomic E-state index is -2.99. The van der Waals surface area contributed by atoms with Gasteiger partial charge in [-0.15, -0.1) is 0 Å². The highest BCUT2D eigenvalue weighted by Crippen LogP contribution is 2.50. The van der Waals surface area contributed by atoms with Crippen LogP contribution in [0.3, 0.4) is 0 Å². The maximum absolute atomic E-state index is 6.35. The van der Waals surface area contributed by atoms with Gasteiger partial charge in [-0.1, -0.05) is 190 Å². The van der Waals surface area contributed by atoms with Gasteiger partial charge in [0.25, 0.3) is 0 Å². The highest BCUT2D eigenvalue weighted by Gasteiger charge is 2.42. The van der Waals surface area contributed by atoms with Crippen LogP contribution >= 0.6 is 0 Å². The number of allylic oxidation sites excluding steroid dienone is 2. The first-order valence-electron chi connectivity index (χ1n) is 23.6. The number of para-hydroxylation sites is 3. The molecule has 0 aliphatic heterocycles. The van der Waals surface area contributed by atoms with Crippen LogP contribution in [0.4, 0.5) is 28.4 Å². The zero-order valence-electron chi connectivity index (χ0n) is 38.3. The van der Waals surface area contributed by atoms with Crippen molar-refractivity contribution in [3.05, 3.63) is 270 Å². The molecule has 12 rings (SSSR count). The number of nitrogens with zero attached hydrogens (tertiary/aromatic N) is 2. The van der Waals surface area contributed by atoms with Crippen molar-refractivity contribution < 1.29 is 4.42 Å². The summed E-state index contributed by atoms with van der Waals surface area (Å²) in [5.74, 6) is 0. The van der Waals surface area contributed by atoms with Gasteiger partial charge in [0.1, 0.15) is 11.0 Å². The van der Waals surface area contributed by atoms with Gasteiger partial charge in [0.05, 0.1) is 0 Å². The predicted molar refractivity (Wildman–Crippen MR) is 288 cm³/mol. The SMILES string of the molecule is CC1(C)c2ccccc2-c2cc(N(c3ccccc3)c3cccc([Si](c4ccccc4)(c4ccccc4)c4ccc(N(C5=CC=c6oc7ccccc7c6=CC5)c5ccccc5)cc4)c3)ccc21. The number of hydrogen-bond acceptors (Lipinski definition) is 3. The number of furan rings is 1. The van der Waals surface area contributed by atoms with E-state index in [1.165, 1.54) is 48.7 Å². The summed E-state index contributed by atoms with van der Waals surface area (Å²) < 4.78 is 6.35. The highest BCUT2D eigenvalue weighted by atomic mass is 28.3. The fraction of sp³-hybridized carbons (Fsp3) is 0.0625. The fourth-order valence-corrected chi connectivity index (χ4v) is 15.8. The van der Waals surface area contributed by atoms with Crippen LogP contribution in [0.5, 0.6) is 0 Å². The summed E-state index contributed by atoms with van der Waals surface area (Å²) in [6.45, 7) is 4.70. The van der Waals surface area contributed by atoms with Crippen LogP contribution in [0.15, 0.2) is 253 Å². The summed E-state index contributed by atoms with van der Waals surface area (Å²) in [6.07, 6.45) is 7.42. The van der Waals surface area contributed by atoms with Crippen LogP contribution in [0.2, 0.25) is 0 Å². The summed E-state index contributed by atoms with van der Waals surface area (Å²) in [5.41, 5.74) is 13.8. The molecular weight excluding hydrogens is 841 g/mol. The van der Waals surface area contributed by atoms with E-state index in [4.69, 9.17) is 4.42 Å². The summed E-state index contributed by atoms with van der Waals surface area (Å²) in [5, 5.41) is 7.57. The maximum atomic E-state index is 6.35. The Labute approximate surface area is 399 Å². The van der Waals surface area contributed by atoms with Crippen LogP contribution in [-0.4, -0.2) is 8.07 Å². The minimum absolute atomic E-state index is 0.0745. The first-order valence-corrected chi connectivity index (χ1v) is 25.6. The summed E-state index contributed by atoms with van der Waals surface area (Å²) in [7, 11) is -2.99. The molecule has 0 fully saturated rings. The molecule has 2 aliphatic carbocycles. The Balaban J connectivity index is 1.02. The van der Waals surface area contributed by atoms with Gasteiger partial charge in [0.15, 0.2) is 8.07 Å². The first kappa shape index (κ1) is 41.3. The van der Waals surface area contributed by atoms with Gasteiger partial charge in [-0.3, -0.25) is 0 Å². The Morgan fingerprint density at radius 1 is 0.412 bits per heavy atom. The molecule has 0 unspecified atom stereocenters. The predicted octanol–water partition coefficient (Wildman–Crippen LogP) is 12.3. The Morgan fingerprint density at radius 2 is 0.926 bits per heavy atom. The van der Waals surface area contributed by atoms with E-state index in [2.05, 4.69) is 266 Å². The van der Waals surface area contributed by atoms with Crippen LogP contribution in [0.1, 0.15) is 31.4 Å². The third-order valence-electron chi connectivity index (χ3n) is 14.3. The van der Waals surface area contributed by atoms with Gasteiger partial charge in [0, 0.05) is 56.6 Å². The average molecular weight is 891 g/mol. The second-order valence-electron chi connectivity index (χ2n) is 18.4. The molecule has 4 heteroatoms.